The first-order valence-electron chi connectivity index (χ1n) is 8.98. The van der Waals surface area contributed by atoms with Gasteiger partial charge in [-0.3, -0.25) is 14.5 Å². The minimum atomic E-state index is -0.0447. The van der Waals surface area contributed by atoms with Gasteiger partial charge in [0.25, 0.3) is 5.91 Å². The highest BCUT2D eigenvalue weighted by Gasteiger charge is 2.39. The number of likely N-dealkylation sites (N-methyl/N-ethyl adjacent to an activating group) is 1. The molecule has 2 atom stereocenters. The van der Waals surface area contributed by atoms with Gasteiger partial charge in [-0.15, -0.1) is 11.3 Å². The number of rotatable bonds is 5. The monoisotopic (exact) mass is 349 g/mol. The number of hydrogen-bond acceptors (Lipinski definition) is 4. The summed E-state index contributed by atoms with van der Waals surface area (Å²) in [4.78, 5) is 30.5. The SMILES string of the molecule is CCN1CCCC1C1CCCN1C(=O)c1ccc(CNC(C)=O)s1. The first-order chi connectivity index (χ1) is 11.6. The standard InChI is InChI=1S/C18H27N3O2S/c1-3-20-10-4-6-15(20)16-7-5-11-21(16)18(23)17-9-8-14(24-17)12-19-13(2)22/h8-9,15-16H,3-7,10-12H2,1-2H3,(H,19,22). The van der Waals surface area contributed by atoms with Gasteiger partial charge in [0.2, 0.25) is 5.91 Å². The van der Waals surface area contributed by atoms with E-state index in [0.717, 1.165) is 35.7 Å². The van der Waals surface area contributed by atoms with Crippen molar-refractivity contribution >= 4 is 23.2 Å². The number of likely N-dealkylation sites (tertiary alicyclic amines) is 2. The molecule has 132 valence electrons. The van der Waals surface area contributed by atoms with Crippen molar-refractivity contribution < 1.29 is 9.59 Å². The first-order valence-corrected chi connectivity index (χ1v) is 9.80. The van der Waals surface area contributed by atoms with Crippen LogP contribution in [-0.2, 0) is 11.3 Å². The molecule has 2 fully saturated rings. The van der Waals surface area contributed by atoms with Crippen molar-refractivity contribution in [1.29, 1.82) is 0 Å². The number of nitrogens with one attached hydrogen (secondary N) is 1. The van der Waals surface area contributed by atoms with Crippen LogP contribution in [0.25, 0.3) is 0 Å². The number of thiophene rings is 1. The molecular formula is C18H27N3O2S. The van der Waals surface area contributed by atoms with E-state index < -0.39 is 0 Å². The molecule has 3 rings (SSSR count). The highest BCUT2D eigenvalue weighted by atomic mass is 32.1. The van der Waals surface area contributed by atoms with Crippen LogP contribution in [-0.4, -0.2) is 53.3 Å². The number of amides is 2. The molecule has 2 saturated heterocycles. The van der Waals surface area contributed by atoms with E-state index in [1.165, 1.54) is 37.6 Å². The summed E-state index contributed by atoms with van der Waals surface area (Å²) < 4.78 is 0. The maximum atomic E-state index is 13.0. The van der Waals surface area contributed by atoms with E-state index >= 15 is 0 Å². The molecule has 0 bridgehead atoms. The Balaban J connectivity index is 1.68. The Hall–Kier alpha value is -1.40. The summed E-state index contributed by atoms with van der Waals surface area (Å²) in [5.74, 6) is 0.122. The molecule has 2 unspecified atom stereocenters. The molecule has 0 saturated carbocycles. The molecule has 2 aliphatic rings. The van der Waals surface area contributed by atoms with Crippen LogP contribution in [0.4, 0.5) is 0 Å². The van der Waals surface area contributed by atoms with Gasteiger partial charge in [-0.1, -0.05) is 6.92 Å². The number of carbonyl (C=O) groups excluding carboxylic acids is 2. The minimum Gasteiger partial charge on any atom is -0.351 e. The molecule has 0 aliphatic carbocycles. The van der Waals surface area contributed by atoms with Gasteiger partial charge in [-0.25, -0.2) is 0 Å². The van der Waals surface area contributed by atoms with E-state index in [-0.39, 0.29) is 11.8 Å². The van der Waals surface area contributed by atoms with Crippen LogP contribution >= 0.6 is 11.3 Å². The molecule has 0 radical (unpaired) electrons. The quantitative estimate of drug-likeness (QED) is 0.888. The van der Waals surface area contributed by atoms with Crippen molar-refractivity contribution in [3.8, 4) is 0 Å². The molecule has 1 N–H and O–H groups in total. The van der Waals surface area contributed by atoms with Crippen LogP contribution in [0.1, 0.15) is 54.1 Å². The largest absolute Gasteiger partial charge is 0.351 e. The van der Waals surface area contributed by atoms with Gasteiger partial charge in [0, 0.05) is 30.4 Å². The fraction of sp³-hybridized carbons (Fsp3) is 0.667. The zero-order valence-corrected chi connectivity index (χ0v) is 15.4. The molecule has 5 nitrogen and oxygen atoms in total. The smallest absolute Gasteiger partial charge is 0.264 e. The third-order valence-electron chi connectivity index (χ3n) is 5.21. The van der Waals surface area contributed by atoms with E-state index in [9.17, 15) is 9.59 Å². The number of hydrogen-bond donors (Lipinski definition) is 1. The van der Waals surface area contributed by atoms with Crippen molar-refractivity contribution in [2.75, 3.05) is 19.6 Å². The molecule has 0 aromatic carbocycles. The predicted octanol–water partition coefficient (Wildman–Crippen LogP) is 2.47. The average molecular weight is 350 g/mol. The topological polar surface area (TPSA) is 52.6 Å². The Labute approximate surface area is 148 Å². The van der Waals surface area contributed by atoms with Crippen LogP contribution in [0.2, 0.25) is 0 Å². The lowest BCUT2D eigenvalue weighted by Crippen LogP contribution is -2.48. The van der Waals surface area contributed by atoms with Crippen molar-refractivity contribution in [2.45, 2.75) is 58.2 Å². The van der Waals surface area contributed by atoms with Crippen molar-refractivity contribution in [3.63, 3.8) is 0 Å². The summed E-state index contributed by atoms with van der Waals surface area (Å²) in [5, 5.41) is 2.79. The summed E-state index contributed by atoms with van der Waals surface area (Å²) in [6, 6.07) is 4.75. The number of nitrogens with zero attached hydrogens (tertiary/aromatic N) is 2. The molecule has 24 heavy (non-hydrogen) atoms. The third-order valence-corrected chi connectivity index (χ3v) is 6.28. The zero-order chi connectivity index (χ0) is 17.1. The fourth-order valence-corrected chi connectivity index (χ4v) is 4.97. The second-order valence-corrected chi connectivity index (χ2v) is 7.89. The Morgan fingerprint density at radius 3 is 2.71 bits per heavy atom. The van der Waals surface area contributed by atoms with Crippen LogP contribution in [0.15, 0.2) is 12.1 Å². The van der Waals surface area contributed by atoms with Gasteiger partial charge >= 0.3 is 0 Å². The molecule has 1 aromatic heterocycles. The summed E-state index contributed by atoms with van der Waals surface area (Å²) >= 11 is 1.50. The molecule has 6 heteroatoms. The molecule has 1 aromatic rings. The zero-order valence-electron chi connectivity index (χ0n) is 14.6. The summed E-state index contributed by atoms with van der Waals surface area (Å²) in [5.41, 5.74) is 0. The lowest BCUT2D eigenvalue weighted by atomic mass is 10.0. The third kappa shape index (κ3) is 3.64. The second-order valence-electron chi connectivity index (χ2n) is 6.72. The molecular weight excluding hydrogens is 322 g/mol. The first kappa shape index (κ1) is 17.4. The average Bonchev–Trinajstić information content (AvgIpc) is 3.30. The molecule has 0 spiro atoms. The Kier molecular flexibility index (Phi) is 5.56. The van der Waals surface area contributed by atoms with Gasteiger partial charge in [-0.05, 0) is 50.9 Å². The normalized spacial score (nSPS) is 24.5. The van der Waals surface area contributed by atoms with Gasteiger partial charge in [0.15, 0.2) is 0 Å². The second kappa shape index (κ2) is 7.66. The van der Waals surface area contributed by atoms with Crippen LogP contribution in [0, 0.1) is 0 Å². The molecule has 3 heterocycles. The Morgan fingerprint density at radius 2 is 1.96 bits per heavy atom. The maximum absolute atomic E-state index is 13.0. The molecule has 2 amide bonds. The van der Waals surface area contributed by atoms with Gasteiger partial charge in [-0.2, -0.15) is 0 Å². The lowest BCUT2D eigenvalue weighted by molar-refractivity contribution is -0.119. The maximum Gasteiger partial charge on any atom is 0.264 e. The van der Waals surface area contributed by atoms with Gasteiger partial charge in [0.05, 0.1) is 11.4 Å². The Morgan fingerprint density at radius 1 is 1.21 bits per heavy atom. The van der Waals surface area contributed by atoms with Crippen molar-refractivity contribution in [3.05, 3.63) is 21.9 Å². The fourth-order valence-electron chi connectivity index (χ4n) is 4.07. The summed E-state index contributed by atoms with van der Waals surface area (Å²) in [6.45, 7) is 7.34. The minimum absolute atomic E-state index is 0.0447. The van der Waals surface area contributed by atoms with E-state index in [4.69, 9.17) is 0 Å². The highest BCUT2D eigenvalue weighted by molar-refractivity contribution is 7.14. The van der Waals surface area contributed by atoms with Crippen LogP contribution in [0.5, 0.6) is 0 Å². The van der Waals surface area contributed by atoms with E-state index in [1.54, 1.807) is 0 Å². The van der Waals surface area contributed by atoms with E-state index in [1.807, 2.05) is 12.1 Å². The predicted molar refractivity (Wildman–Crippen MR) is 96.2 cm³/mol. The van der Waals surface area contributed by atoms with Crippen molar-refractivity contribution in [2.24, 2.45) is 0 Å². The van der Waals surface area contributed by atoms with E-state index in [0.29, 0.717) is 18.6 Å². The van der Waals surface area contributed by atoms with E-state index in [2.05, 4.69) is 22.0 Å². The van der Waals surface area contributed by atoms with Crippen LogP contribution in [0.3, 0.4) is 0 Å². The summed E-state index contributed by atoms with van der Waals surface area (Å²) in [7, 11) is 0. The molecule has 2 aliphatic heterocycles. The highest BCUT2D eigenvalue weighted by Crippen LogP contribution is 2.31. The van der Waals surface area contributed by atoms with Gasteiger partial charge in [0.1, 0.15) is 0 Å². The lowest BCUT2D eigenvalue weighted by Gasteiger charge is -2.34. The Bertz CT molecular complexity index is 601. The summed E-state index contributed by atoms with van der Waals surface area (Å²) in [6.07, 6.45) is 4.68. The number of carbonyl (C=O) groups is 2. The van der Waals surface area contributed by atoms with Gasteiger partial charge < -0.3 is 10.2 Å². The van der Waals surface area contributed by atoms with Crippen molar-refractivity contribution in [1.82, 2.24) is 15.1 Å². The van der Waals surface area contributed by atoms with Crippen LogP contribution < -0.4 is 5.32 Å².